The Hall–Kier alpha value is -8.20. The van der Waals surface area contributed by atoms with Gasteiger partial charge in [0.1, 0.15) is 5.58 Å². The zero-order valence-corrected chi connectivity index (χ0v) is 38.7. The number of hydrogen-bond acceptors (Lipinski definition) is 2. The molecule has 0 N–H and O–H groups in total. The molecule has 68 heavy (non-hydrogen) atoms. The van der Waals surface area contributed by atoms with E-state index in [1.165, 1.54) is 83.5 Å². The summed E-state index contributed by atoms with van der Waals surface area (Å²) < 4.78 is 7.12. The molecule has 0 radical (unpaired) electrons. The summed E-state index contributed by atoms with van der Waals surface area (Å²) >= 11 is 0. The second-order valence-electron chi connectivity index (χ2n) is 19.6. The molecule has 13 rings (SSSR count). The summed E-state index contributed by atoms with van der Waals surface area (Å²) in [5, 5.41) is 2.21. The second-order valence-corrected chi connectivity index (χ2v) is 19.6. The van der Waals surface area contributed by atoms with Crippen LogP contribution in [0.2, 0.25) is 0 Å². The topological polar surface area (TPSA) is 16.4 Å². The Bertz CT molecular complexity index is 3760. The molecule has 2 heteroatoms. The number of fused-ring (bicyclic) bond motifs is 9. The van der Waals surface area contributed by atoms with Crippen molar-refractivity contribution in [3.63, 3.8) is 0 Å². The van der Waals surface area contributed by atoms with E-state index in [9.17, 15) is 0 Å². The monoisotopic (exact) mass is 871 g/mol. The molecule has 0 spiro atoms. The quantitative estimate of drug-likeness (QED) is 0.159. The van der Waals surface area contributed by atoms with Crippen molar-refractivity contribution in [2.24, 2.45) is 0 Å². The van der Waals surface area contributed by atoms with Crippen LogP contribution in [0.15, 0.2) is 229 Å². The molecule has 0 atom stereocenters. The van der Waals surface area contributed by atoms with E-state index in [1.54, 1.807) is 0 Å². The molecule has 0 bridgehead atoms. The molecule has 0 unspecified atom stereocenters. The van der Waals surface area contributed by atoms with Gasteiger partial charge in [0.25, 0.3) is 0 Å². The highest BCUT2D eigenvalue weighted by molar-refractivity contribution is 6.17. The molecule has 0 saturated heterocycles. The molecule has 0 fully saturated rings. The molecule has 10 aromatic carbocycles. The van der Waals surface area contributed by atoms with Crippen molar-refractivity contribution in [1.29, 1.82) is 0 Å². The maximum Gasteiger partial charge on any atom is 0.160 e. The van der Waals surface area contributed by atoms with Gasteiger partial charge >= 0.3 is 0 Å². The molecular weight excluding hydrogens is 823 g/mol. The SMILES string of the molecule is CC1(C)c2ccccc2-c2ccc(N(c3ccc(-c4ccccc4)cc3)c3ccc(-c4ccc5c(c4)C(C)(C)c4c(-c6ccccc6)ccc(-c6ccccc6)c4-5)c4c3oc3ccccc34)cc21. The highest BCUT2D eigenvalue weighted by Gasteiger charge is 2.40. The second kappa shape index (κ2) is 15.2. The van der Waals surface area contributed by atoms with E-state index in [1.807, 2.05) is 0 Å². The fourth-order valence-corrected chi connectivity index (χ4v) is 11.8. The lowest BCUT2D eigenvalue weighted by molar-refractivity contribution is 0.660. The lowest BCUT2D eigenvalue weighted by Gasteiger charge is -2.28. The first-order valence-electron chi connectivity index (χ1n) is 23.8. The Kier molecular flexibility index (Phi) is 8.95. The smallest absolute Gasteiger partial charge is 0.160 e. The standard InChI is InChI=1S/C66H49NO/c1-65(2)56-26-16-14-24-52(56)53-35-33-48(41-58(53)65)67(47-31-28-43(29-32-47)42-18-8-5-9-19-42)59-39-38-50(62-55-25-15-17-27-60(55)68-64(59)62)46-30-34-54-57(40-46)66(3,4)63-51(45-22-12-7-13-23-45)37-36-49(61(54)63)44-20-10-6-11-21-44/h5-41H,1-4H3. The summed E-state index contributed by atoms with van der Waals surface area (Å²) in [5.41, 5.74) is 24.8. The first-order valence-corrected chi connectivity index (χ1v) is 23.8. The third-order valence-corrected chi connectivity index (χ3v) is 15.1. The molecular formula is C66H49NO. The molecule has 1 aromatic heterocycles. The van der Waals surface area contributed by atoms with Crippen molar-refractivity contribution in [2.75, 3.05) is 4.90 Å². The lowest BCUT2D eigenvalue weighted by Crippen LogP contribution is -2.16. The van der Waals surface area contributed by atoms with Gasteiger partial charge in [-0.05, 0) is 131 Å². The van der Waals surface area contributed by atoms with Crippen LogP contribution in [0.4, 0.5) is 17.1 Å². The number of benzene rings is 10. The highest BCUT2D eigenvalue weighted by atomic mass is 16.3. The molecule has 2 aliphatic carbocycles. The largest absolute Gasteiger partial charge is 0.454 e. The number of anilines is 3. The van der Waals surface area contributed by atoms with E-state index >= 15 is 0 Å². The van der Waals surface area contributed by atoms with Gasteiger partial charge in [0, 0.05) is 33.0 Å². The molecule has 0 aliphatic heterocycles. The first-order chi connectivity index (χ1) is 33.3. The maximum atomic E-state index is 7.12. The summed E-state index contributed by atoms with van der Waals surface area (Å²) in [6.07, 6.45) is 0. The van der Waals surface area contributed by atoms with Gasteiger partial charge in [-0.1, -0.05) is 210 Å². The van der Waals surface area contributed by atoms with E-state index in [-0.39, 0.29) is 10.8 Å². The molecule has 324 valence electrons. The molecule has 0 saturated carbocycles. The minimum atomic E-state index is -0.280. The van der Waals surface area contributed by atoms with E-state index in [2.05, 4.69) is 257 Å². The molecule has 0 amide bonds. The minimum absolute atomic E-state index is 0.159. The van der Waals surface area contributed by atoms with Crippen LogP contribution < -0.4 is 4.90 Å². The van der Waals surface area contributed by atoms with Crippen molar-refractivity contribution >= 4 is 39.0 Å². The Labute approximate surface area is 398 Å². The number of para-hydroxylation sites is 1. The number of nitrogens with zero attached hydrogens (tertiary/aromatic N) is 1. The van der Waals surface area contributed by atoms with Crippen LogP contribution in [0.25, 0.3) is 88.7 Å². The fourth-order valence-electron chi connectivity index (χ4n) is 11.8. The Morgan fingerprint density at radius 1 is 0.353 bits per heavy atom. The third kappa shape index (κ3) is 6.03. The number of furan rings is 1. The van der Waals surface area contributed by atoms with Gasteiger partial charge in [-0.2, -0.15) is 0 Å². The van der Waals surface area contributed by atoms with E-state index in [0.717, 1.165) is 44.6 Å². The van der Waals surface area contributed by atoms with Crippen LogP contribution in [0.3, 0.4) is 0 Å². The lowest BCUT2D eigenvalue weighted by atomic mass is 9.77. The highest BCUT2D eigenvalue weighted by Crippen LogP contribution is 2.57. The van der Waals surface area contributed by atoms with Crippen LogP contribution >= 0.6 is 0 Å². The van der Waals surface area contributed by atoms with Gasteiger partial charge in [0.2, 0.25) is 0 Å². The van der Waals surface area contributed by atoms with Crippen molar-refractivity contribution in [3.8, 4) is 66.8 Å². The molecule has 2 nitrogen and oxygen atoms in total. The van der Waals surface area contributed by atoms with Gasteiger partial charge in [0.15, 0.2) is 5.58 Å². The molecule has 2 aliphatic rings. The summed E-state index contributed by atoms with van der Waals surface area (Å²) in [4.78, 5) is 2.40. The van der Waals surface area contributed by atoms with Gasteiger partial charge in [-0.3, -0.25) is 0 Å². The normalized spacial score (nSPS) is 13.8. The van der Waals surface area contributed by atoms with Gasteiger partial charge in [-0.25, -0.2) is 0 Å². The van der Waals surface area contributed by atoms with Crippen molar-refractivity contribution in [3.05, 3.63) is 247 Å². The van der Waals surface area contributed by atoms with E-state index in [0.29, 0.717) is 0 Å². The Balaban J connectivity index is 1.01. The summed E-state index contributed by atoms with van der Waals surface area (Å²) in [7, 11) is 0. The van der Waals surface area contributed by atoms with Gasteiger partial charge in [-0.15, -0.1) is 0 Å². The van der Waals surface area contributed by atoms with Gasteiger partial charge in [0.05, 0.1) is 5.69 Å². The van der Waals surface area contributed by atoms with Crippen LogP contribution in [0.5, 0.6) is 0 Å². The van der Waals surface area contributed by atoms with Crippen LogP contribution in [0, 0.1) is 0 Å². The maximum absolute atomic E-state index is 7.12. The van der Waals surface area contributed by atoms with Crippen LogP contribution in [-0.2, 0) is 10.8 Å². The Morgan fingerprint density at radius 3 is 1.63 bits per heavy atom. The first kappa shape index (κ1) is 40.1. The minimum Gasteiger partial charge on any atom is -0.454 e. The zero-order valence-electron chi connectivity index (χ0n) is 38.7. The van der Waals surface area contributed by atoms with Crippen molar-refractivity contribution in [2.45, 2.75) is 38.5 Å². The number of rotatable bonds is 7. The van der Waals surface area contributed by atoms with E-state index < -0.39 is 0 Å². The van der Waals surface area contributed by atoms with Crippen molar-refractivity contribution in [1.82, 2.24) is 0 Å². The van der Waals surface area contributed by atoms with E-state index in [4.69, 9.17) is 4.42 Å². The summed E-state index contributed by atoms with van der Waals surface area (Å²) in [6, 6.07) is 82.3. The average molecular weight is 872 g/mol. The predicted octanol–water partition coefficient (Wildman–Crippen LogP) is 18.3. The predicted molar refractivity (Wildman–Crippen MR) is 285 cm³/mol. The van der Waals surface area contributed by atoms with Crippen LogP contribution in [0.1, 0.15) is 49.9 Å². The Morgan fingerprint density at radius 2 is 0.882 bits per heavy atom. The molecule has 1 heterocycles. The van der Waals surface area contributed by atoms with Crippen molar-refractivity contribution < 1.29 is 4.42 Å². The van der Waals surface area contributed by atoms with Crippen LogP contribution in [-0.4, -0.2) is 0 Å². The summed E-state index contributed by atoms with van der Waals surface area (Å²) in [5.74, 6) is 0. The fraction of sp³-hybridized carbons (Fsp3) is 0.0909. The number of hydrogen-bond donors (Lipinski definition) is 0. The average Bonchev–Trinajstić information content (AvgIpc) is 3.98. The molecule has 11 aromatic rings. The zero-order chi connectivity index (χ0) is 45.7. The summed E-state index contributed by atoms with van der Waals surface area (Å²) in [6.45, 7) is 9.53. The third-order valence-electron chi connectivity index (χ3n) is 15.1. The van der Waals surface area contributed by atoms with Gasteiger partial charge < -0.3 is 9.32 Å².